The molecule has 1 aromatic carbocycles. The van der Waals surface area contributed by atoms with E-state index in [9.17, 15) is 4.79 Å². The van der Waals surface area contributed by atoms with Crippen LogP contribution in [0.1, 0.15) is 28.0 Å². The van der Waals surface area contributed by atoms with Gasteiger partial charge in [0.25, 0.3) is 5.91 Å². The average Bonchev–Trinajstić information content (AvgIpc) is 3.15. The second-order valence-electron chi connectivity index (χ2n) is 6.37. The summed E-state index contributed by atoms with van der Waals surface area (Å²) >= 11 is 1.48. The fourth-order valence-corrected chi connectivity index (χ4v) is 4.29. The molecule has 4 rings (SSSR count). The van der Waals surface area contributed by atoms with Crippen molar-refractivity contribution >= 4 is 17.2 Å². The quantitative estimate of drug-likeness (QED) is 0.850. The van der Waals surface area contributed by atoms with E-state index in [1.807, 2.05) is 10.3 Å². The molecule has 1 aliphatic heterocycles. The van der Waals surface area contributed by atoms with Gasteiger partial charge in [-0.25, -0.2) is 4.98 Å². The van der Waals surface area contributed by atoms with Crippen molar-refractivity contribution in [3.8, 4) is 0 Å². The van der Waals surface area contributed by atoms with E-state index in [2.05, 4.69) is 34.1 Å². The smallest absolute Gasteiger partial charge is 0.273 e. The third-order valence-corrected chi connectivity index (χ3v) is 5.68. The van der Waals surface area contributed by atoms with Crippen LogP contribution in [0.4, 0.5) is 0 Å². The Morgan fingerprint density at radius 3 is 2.65 bits per heavy atom. The Bertz CT molecular complexity index is 677. The number of nitrogens with zero attached hydrogens (tertiary/aromatic N) is 3. The van der Waals surface area contributed by atoms with Crippen LogP contribution in [0.2, 0.25) is 0 Å². The van der Waals surface area contributed by atoms with Gasteiger partial charge in [-0.1, -0.05) is 24.3 Å². The van der Waals surface area contributed by atoms with Crippen molar-refractivity contribution in [2.75, 3.05) is 26.2 Å². The molecule has 1 atom stereocenters. The minimum Gasteiger partial charge on any atom is -0.335 e. The van der Waals surface area contributed by atoms with Gasteiger partial charge in [-0.2, -0.15) is 0 Å². The molecule has 0 spiro atoms. The molecular formula is C18H21N3OS. The molecule has 2 aromatic rings. The first-order valence-electron chi connectivity index (χ1n) is 8.29. The van der Waals surface area contributed by atoms with Crippen LogP contribution in [-0.4, -0.2) is 52.9 Å². The first kappa shape index (κ1) is 14.8. The third kappa shape index (κ3) is 3.03. The summed E-state index contributed by atoms with van der Waals surface area (Å²) in [5.74, 6) is 0.0832. The first-order chi connectivity index (χ1) is 11.3. The number of hydrogen-bond donors (Lipinski definition) is 0. The van der Waals surface area contributed by atoms with Gasteiger partial charge in [0.15, 0.2) is 0 Å². The van der Waals surface area contributed by atoms with Crippen molar-refractivity contribution in [1.82, 2.24) is 14.8 Å². The number of thiazole rings is 1. The van der Waals surface area contributed by atoms with E-state index in [1.165, 1.54) is 35.3 Å². The van der Waals surface area contributed by atoms with Crippen LogP contribution in [0, 0.1) is 0 Å². The van der Waals surface area contributed by atoms with Crippen molar-refractivity contribution in [2.45, 2.75) is 25.3 Å². The van der Waals surface area contributed by atoms with Crippen molar-refractivity contribution in [3.63, 3.8) is 0 Å². The predicted octanol–water partition coefficient (Wildman–Crippen LogP) is 2.46. The number of aryl methyl sites for hydroxylation is 1. The van der Waals surface area contributed by atoms with E-state index >= 15 is 0 Å². The van der Waals surface area contributed by atoms with Gasteiger partial charge >= 0.3 is 0 Å². The lowest BCUT2D eigenvalue weighted by molar-refractivity contribution is 0.0548. The number of carbonyl (C=O) groups excluding carboxylic acids is 1. The van der Waals surface area contributed by atoms with E-state index in [1.54, 1.807) is 5.51 Å². The zero-order chi connectivity index (χ0) is 15.6. The minimum absolute atomic E-state index is 0.0832. The molecule has 1 saturated heterocycles. The van der Waals surface area contributed by atoms with E-state index in [0.29, 0.717) is 11.7 Å². The van der Waals surface area contributed by atoms with Gasteiger partial charge in [-0.15, -0.1) is 11.3 Å². The predicted molar refractivity (Wildman–Crippen MR) is 91.8 cm³/mol. The van der Waals surface area contributed by atoms with E-state index in [-0.39, 0.29) is 5.91 Å². The molecule has 0 bridgehead atoms. The highest BCUT2D eigenvalue weighted by Gasteiger charge is 2.29. The van der Waals surface area contributed by atoms with Gasteiger partial charge in [0, 0.05) is 37.6 Å². The minimum atomic E-state index is 0.0832. The van der Waals surface area contributed by atoms with Crippen molar-refractivity contribution in [3.05, 3.63) is 52.0 Å². The summed E-state index contributed by atoms with van der Waals surface area (Å²) < 4.78 is 0. The maximum Gasteiger partial charge on any atom is 0.273 e. The highest BCUT2D eigenvalue weighted by molar-refractivity contribution is 7.07. The lowest BCUT2D eigenvalue weighted by atomic mass is 9.87. The van der Waals surface area contributed by atoms with Crippen molar-refractivity contribution < 1.29 is 4.79 Å². The van der Waals surface area contributed by atoms with Crippen LogP contribution in [0.5, 0.6) is 0 Å². The average molecular weight is 327 g/mol. The number of hydrogen-bond acceptors (Lipinski definition) is 4. The number of carbonyl (C=O) groups is 1. The summed E-state index contributed by atoms with van der Waals surface area (Å²) in [5.41, 5.74) is 5.34. The first-order valence-corrected chi connectivity index (χ1v) is 9.24. The Kier molecular flexibility index (Phi) is 4.14. The standard InChI is InChI=1S/C18H21N3OS/c22-18(17-12-23-13-19-17)21-9-7-20(8-10-21)16-6-5-14-3-1-2-4-15(14)11-16/h1-4,12-13,16H,5-11H2. The number of benzene rings is 1. The van der Waals surface area contributed by atoms with Crippen LogP contribution >= 0.6 is 11.3 Å². The maximum atomic E-state index is 12.4. The number of amides is 1. The fourth-order valence-electron chi connectivity index (χ4n) is 3.76. The number of piperazine rings is 1. The molecule has 1 unspecified atom stereocenters. The second-order valence-corrected chi connectivity index (χ2v) is 7.09. The van der Waals surface area contributed by atoms with Gasteiger partial charge in [0.05, 0.1) is 5.51 Å². The van der Waals surface area contributed by atoms with Gasteiger partial charge in [0.2, 0.25) is 0 Å². The molecule has 1 aromatic heterocycles. The Balaban J connectivity index is 1.36. The highest BCUT2D eigenvalue weighted by Crippen LogP contribution is 2.25. The molecule has 5 heteroatoms. The van der Waals surface area contributed by atoms with Gasteiger partial charge in [-0.05, 0) is 30.4 Å². The molecule has 0 N–H and O–H groups in total. The highest BCUT2D eigenvalue weighted by atomic mass is 32.1. The number of aromatic nitrogens is 1. The van der Waals surface area contributed by atoms with Crippen LogP contribution in [0.25, 0.3) is 0 Å². The zero-order valence-electron chi connectivity index (χ0n) is 13.1. The molecule has 4 nitrogen and oxygen atoms in total. The van der Waals surface area contributed by atoms with Crippen LogP contribution in [-0.2, 0) is 12.8 Å². The SMILES string of the molecule is O=C(c1cscn1)N1CCN(C2CCc3ccccc3C2)CC1. The van der Waals surface area contributed by atoms with Crippen molar-refractivity contribution in [1.29, 1.82) is 0 Å². The van der Waals surface area contributed by atoms with Crippen LogP contribution in [0.3, 0.4) is 0 Å². The Morgan fingerprint density at radius 1 is 1.13 bits per heavy atom. The summed E-state index contributed by atoms with van der Waals surface area (Å²) in [4.78, 5) is 21.0. The second kappa shape index (κ2) is 6.42. The molecule has 1 amide bonds. The summed E-state index contributed by atoms with van der Waals surface area (Å²) in [6.07, 6.45) is 3.56. The molecule has 0 saturated carbocycles. The third-order valence-electron chi connectivity index (χ3n) is 5.09. The van der Waals surface area contributed by atoms with Gasteiger partial charge in [-0.3, -0.25) is 9.69 Å². The summed E-state index contributed by atoms with van der Waals surface area (Å²) in [6.45, 7) is 3.58. The lowest BCUT2D eigenvalue weighted by Crippen LogP contribution is -2.53. The Morgan fingerprint density at radius 2 is 1.91 bits per heavy atom. The van der Waals surface area contributed by atoms with Crippen LogP contribution in [0.15, 0.2) is 35.2 Å². The molecule has 0 radical (unpaired) electrons. The number of rotatable bonds is 2. The monoisotopic (exact) mass is 327 g/mol. The zero-order valence-corrected chi connectivity index (χ0v) is 14.0. The van der Waals surface area contributed by atoms with E-state index < -0.39 is 0 Å². The summed E-state index contributed by atoms with van der Waals surface area (Å²) in [5, 5.41) is 1.84. The fraction of sp³-hybridized carbons (Fsp3) is 0.444. The molecule has 120 valence electrons. The largest absolute Gasteiger partial charge is 0.335 e. The van der Waals surface area contributed by atoms with E-state index in [0.717, 1.165) is 32.6 Å². The summed E-state index contributed by atoms with van der Waals surface area (Å²) in [7, 11) is 0. The topological polar surface area (TPSA) is 36.4 Å². The Labute approximate surface area is 140 Å². The van der Waals surface area contributed by atoms with Gasteiger partial charge < -0.3 is 4.90 Å². The number of fused-ring (bicyclic) bond motifs is 1. The molecule has 2 heterocycles. The molecule has 1 fully saturated rings. The Hall–Kier alpha value is -1.72. The maximum absolute atomic E-state index is 12.4. The normalized spacial score (nSPS) is 21.9. The van der Waals surface area contributed by atoms with Crippen molar-refractivity contribution in [2.24, 2.45) is 0 Å². The van der Waals surface area contributed by atoms with E-state index in [4.69, 9.17) is 0 Å². The molecule has 23 heavy (non-hydrogen) atoms. The molecule has 2 aliphatic rings. The summed E-state index contributed by atoms with van der Waals surface area (Å²) in [6, 6.07) is 9.44. The molecule has 1 aliphatic carbocycles. The lowest BCUT2D eigenvalue weighted by Gasteiger charge is -2.41. The van der Waals surface area contributed by atoms with Crippen LogP contribution < -0.4 is 0 Å². The van der Waals surface area contributed by atoms with Gasteiger partial charge in [0.1, 0.15) is 5.69 Å². The molecular weight excluding hydrogens is 306 g/mol.